The zero-order chi connectivity index (χ0) is 41.0. The highest BCUT2D eigenvalue weighted by atomic mass is 32.2. The number of hydrogen-bond acceptors (Lipinski definition) is 13. The summed E-state index contributed by atoms with van der Waals surface area (Å²) in [6.45, 7) is -0.379. The van der Waals surface area contributed by atoms with Gasteiger partial charge in [0.15, 0.2) is 15.8 Å². The van der Waals surface area contributed by atoms with Crippen molar-refractivity contribution < 1.29 is 31.0 Å². The summed E-state index contributed by atoms with van der Waals surface area (Å²) in [7, 11) is -4.47. The van der Waals surface area contributed by atoms with E-state index in [2.05, 4.69) is 25.4 Å². The molecule has 0 radical (unpaired) electrons. The average molecular weight is 824 g/mol. The summed E-state index contributed by atoms with van der Waals surface area (Å²) in [5, 5.41) is 13.3. The first-order valence-corrected chi connectivity index (χ1v) is 21.0. The van der Waals surface area contributed by atoms with E-state index in [1.54, 1.807) is 86.0 Å². The minimum Gasteiger partial charge on any atom is -0.497 e. The highest BCUT2D eigenvalue weighted by Crippen LogP contribution is 2.42. The van der Waals surface area contributed by atoms with Crippen LogP contribution < -0.4 is 25.7 Å². The molecule has 0 aliphatic heterocycles. The van der Waals surface area contributed by atoms with Crippen LogP contribution >= 0.6 is 0 Å². The van der Waals surface area contributed by atoms with Gasteiger partial charge >= 0.3 is 0 Å². The number of nitrogens with one attached hydrogen (secondary N) is 1. The van der Waals surface area contributed by atoms with Gasteiger partial charge in [0.2, 0.25) is 15.8 Å². The Bertz CT molecular complexity index is 2720. The maximum Gasteiger partial charge on any atom is 0.245 e. The first-order valence-electron chi connectivity index (χ1n) is 17.9. The molecule has 0 amide bonds. The van der Waals surface area contributed by atoms with Gasteiger partial charge in [-0.3, -0.25) is 0 Å². The van der Waals surface area contributed by atoms with Crippen molar-refractivity contribution in [2.75, 3.05) is 39.4 Å². The molecule has 0 aliphatic carbocycles. The summed E-state index contributed by atoms with van der Waals surface area (Å²) in [6, 6.07) is 29.2. The van der Waals surface area contributed by atoms with Crippen LogP contribution in [0.5, 0.6) is 17.2 Å². The van der Waals surface area contributed by atoms with Gasteiger partial charge in [-0.05, 0) is 87.6 Å². The third kappa shape index (κ3) is 8.35. The third-order valence-electron chi connectivity index (χ3n) is 9.45. The molecule has 5 aromatic carbocycles. The Morgan fingerprint density at radius 2 is 1.31 bits per heavy atom. The predicted octanol–water partition coefficient (Wildman–Crippen LogP) is 4.66. The van der Waals surface area contributed by atoms with Gasteiger partial charge in [0, 0.05) is 19.6 Å². The number of nitrogens with two attached hydrogens (primary N) is 2. The second-order valence-electron chi connectivity index (χ2n) is 13.2. The predicted molar refractivity (Wildman–Crippen MR) is 218 cm³/mol. The molecule has 16 nitrogen and oxygen atoms in total. The fourth-order valence-corrected chi connectivity index (χ4v) is 10.1. The second-order valence-corrected chi connectivity index (χ2v) is 17.2. The van der Waals surface area contributed by atoms with Crippen LogP contribution in [-0.2, 0) is 39.5 Å². The Morgan fingerprint density at radius 1 is 0.741 bits per heavy atom. The summed E-state index contributed by atoms with van der Waals surface area (Å²) < 4.78 is 76.9. The molecule has 5 N–H and O–H groups in total. The number of sulfonamides is 1. The van der Waals surface area contributed by atoms with E-state index in [1.807, 2.05) is 12.1 Å². The minimum absolute atomic E-state index is 0.0728. The zero-order valence-corrected chi connectivity index (χ0v) is 33.5. The van der Waals surface area contributed by atoms with Crippen LogP contribution in [0, 0.1) is 0 Å². The summed E-state index contributed by atoms with van der Waals surface area (Å²) in [6.07, 6.45) is 0. The number of aromatic amines is 1. The number of H-pyrrole nitrogens is 1. The summed E-state index contributed by atoms with van der Waals surface area (Å²) in [5.41, 5.74) is 15.7. The maximum atomic E-state index is 15.7. The van der Waals surface area contributed by atoms with Crippen molar-refractivity contribution in [3.05, 3.63) is 120 Å². The van der Waals surface area contributed by atoms with Crippen LogP contribution in [0.15, 0.2) is 113 Å². The third-order valence-corrected chi connectivity index (χ3v) is 13.2. The average Bonchev–Trinajstić information content (AvgIpc) is 3.85. The van der Waals surface area contributed by atoms with Crippen molar-refractivity contribution >= 4 is 36.8 Å². The number of tetrazole rings is 1. The van der Waals surface area contributed by atoms with E-state index in [4.69, 9.17) is 25.7 Å². The number of nitrogen functional groups attached to an aromatic ring is 1. The number of aromatic nitrogens is 6. The standard InChI is InChI=1S/C40H41N9O7S2/c1-54-30-11-4-26(5-12-30)23-48(24-27-6-13-31(55-2)14-7-27)58(52,53)38-36(57(50,51)21-20-41)19-17-33(29-10-18-34-35(22-29)44-40(42)43-34)37(38)39-45-47-49(46-39)25-28-8-15-32(56-3)16-9-28/h4-19,22H,20-21,23-25,41H2,1-3H3,(H3,42,43,44). The van der Waals surface area contributed by atoms with E-state index in [1.165, 1.54) is 35.5 Å². The lowest BCUT2D eigenvalue weighted by molar-refractivity contribution is 0.396. The van der Waals surface area contributed by atoms with Gasteiger partial charge in [-0.15, -0.1) is 10.2 Å². The number of sulfone groups is 1. The summed E-state index contributed by atoms with van der Waals surface area (Å²) in [5.74, 6) is 1.37. The molecule has 0 fully saturated rings. The zero-order valence-electron chi connectivity index (χ0n) is 31.9. The van der Waals surface area contributed by atoms with Crippen LogP contribution in [0.1, 0.15) is 16.7 Å². The van der Waals surface area contributed by atoms with Gasteiger partial charge in [-0.2, -0.15) is 9.10 Å². The Hall–Kier alpha value is -6.34. The van der Waals surface area contributed by atoms with Gasteiger partial charge < -0.3 is 30.7 Å². The number of benzene rings is 5. The van der Waals surface area contributed by atoms with E-state index in [0.717, 1.165) is 5.56 Å². The Balaban J connectivity index is 1.48. The van der Waals surface area contributed by atoms with Gasteiger partial charge in [0.05, 0.1) is 55.1 Å². The number of methoxy groups -OCH3 is 3. The lowest BCUT2D eigenvalue weighted by Gasteiger charge is -2.26. The van der Waals surface area contributed by atoms with Crippen LogP contribution in [0.2, 0.25) is 0 Å². The van der Waals surface area contributed by atoms with Crippen molar-refractivity contribution in [1.82, 2.24) is 34.5 Å². The molecule has 0 atom stereocenters. The Morgan fingerprint density at radius 3 is 1.86 bits per heavy atom. The minimum atomic E-state index is -4.79. The molecule has 18 heteroatoms. The first kappa shape index (κ1) is 39.9. The van der Waals surface area contributed by atoms with E-state index >= 15 is 8.42 Å². The quantitative estimate of drug-likeness (QED) is 0.121. The number of hydrogen-bond donors (Lipinski definition) is 3. The molecular formula is C40H41N9O7S2. The number of nitrogens with zero attached hydrogens (tertiary/aromatic N) is 6. The van der Waals surface area contributed by atoms with Crippen LogP contribution in [0.3, 0.4) is 0 Å². The molecule has 7 aromatic rings. The van der Waals surface area contributed by atoms with Crippen LogP contribution in [0.4, 0.5) is 5.95 Å². The Kier molecular flexibility index (Phi) is 11.4. The van der Waals surface area contributed by atoms with Crippen molar-refractivity contribution in [1.29, 1.82) is 0 Å². The first-order chi connectivity index (χ1) is 27.9. The lowest BCUT2D eigenvalue weighted by atomic mass is 9.98. The largest absolute Gasteiger partial charge is 0.497 e. The van der Waals surface area contributed by atoms with E-state index in [-0.39, 0.29) is 43.5 Å². The van der Waals surface area contributed by atoms with Crippen molar-refractivity contribution in [2.45, 2.75) is 29.4 Å². The van der Waals surface area contributed by atoms with E-state index in [0.29, 0.717) is 50.5 Å². The number of imidazole rings is 1. The molecule has 7 rings (SSSR count). The normalized spacial score (nSPS) is 11.9. The van der Waals surface area contributed by atoms with Crippen molar-refractivity contribution in [3.63, 3.8) is 0 Å². The number of anilines is 1. The van der Waals surface area contributed by atoms with Crippen LogP contribution in [-0.4, -0.2) is 84.9 Å². The molecule has 0 bridgehead atoms. The summed E-state index contributed by atoms with van der Waals surface area (Å²) >= 11 is 0. The molecule has 0 saturated carbocycles. The molecule has 0 saturated heterocycles. The monoisotopic (exact) mass is 823 g/mol. The molecule has 2 heterocycles. The molecule has 0 spiro atoms. The van der Waals surface area contributed by atoms with Gasteiger partial charge in [0.25, 0.3) is 0 Å². The van der Waals surface area contributed by atoms with E-state index < -0.39 is 35.4 Å². The molecule has 58 heavy (non-hydrogen) atoms. The smallest absolute Gasteiger partial charge is 0.245 e. The van der Waals surface area contributed by atoms with Gasteiger partial charge in [-0.1, -0.05) is 48.5 Å². The fraction of sp³-hybridized carbons (Fsp3) is 0.200. The fourth-order valence-electron chi connectivity index (χ4n) is 6.51. The second kappa shape index (κ2) is 16.6. The number of rotatable bonds is 16. The molecule has 2 aromatic heterocycles. The Labute approximate surface area is 335 Å². The van der Waals surface area contributed by atoms with E-state index in [9.17, 15) is 8.42 Å². The topological polar surface area (TPSA) is 224 Å². The summed E-state index contributed by atoms with van der Waals surface area (Å²) in [4.78, 5) is 7.69. The molecule has 0 unspecified atom stereocenters. The number of fused-ring (bicyclic) bond motifs is 1. The molecule has 0 aliphatic rings. The molecular weight excluding hydrogens is 783 g/mol. The lowest BCUT2D eigenvalue weighted by Crippen LogP contribution is -2.32. The van der Waals surface area contributed by atoms with Crippen molar-refractivity contribution in [3.8, 4) is 39.8 Å². The van der Waals surface area contributed by atoms with Gasteiger partial charge in [0.1, 0.15) is 22.1 Å². The SMILES string of the molecule is COc1ccc(CN(Cc2ccc(OC)cc2)S(=O)(=O)c2c(S(=O)(=O)CCN)ccc(-c3ccc4[nH]c(N)nc4c3)c2-c2nnn(Cc3ccc(OC)cc3)n2)cc1. The maximum absolute atomic E-state index is 15.7. The van der Waals surface area contributed by atoms with Crippen LogP contribution in [0.25, 0.3) is 33.5 Å². The molecule has 300 valence electrons. The highest BCUT2D eigenvalue weighted by Gasteiger charge is 2.37. The van der Waals surface area contributed by atoms with Gasteiger partial charge in [-0.25, -0.2) is 21.8 Å². The highest BCUT2D eigenvalue weighted by molar-refractivity contribution is 7.93. The van der Waals surface area contributed by atoms with Crippen molar-refractivity contribution in [2.24, 2.45) is 5.73 Å². The number of ether oxygens (including phenoxy) is 3.